The second-order valence-electron chi connectivity index (χ2n) is 7.97. The van der Waals surface area contributed by atoms with Gasteiger partial charge in [0.05, 0.1) is 7.11 Å². The van der Waals surface area contributed by atoms with E-state index < -0.39 is 10.0 Å². The molecule has 3 aromatic rings. The first-order valence-corrected chi connectivity index (χ1v) is 11.9. The Balaban J connectivity index is 1.69. The highest BCUT2D eigenvalue weighted by Crippen LogP contribution is 2.34. The summed E-state index contributed by atoms with van der Waals surface area (Å²) in [7, 11) is -0.951. The topological polar surface area (TPSA) is 66.9 Å². The molecule has 32 heavy (non-hydrogen) atoms. The lowest BCUT2D eigenvalue weighted by molar-refractivity contribution is 0.0981. The van der Waals surface area contributed by atoms with E-state index in [1.807, 2.05) is 61.5 Å². The molecule has 0 fully saturated rings. The predicted octanol–water partition coefficient (Wildman–Crippen LogP) is 4.11. The highest BCUT2D eigenvalue weighted by Gasteiger charge is 2.33. The molecule has 0 bridgehead atoms. The Hall–Kier alpha value is -3.16. The first-order valence-electron chi connectivity index (χ1n) is 10.4. The lowest BCUT2D eigenvalue weighted by Crippen LogP contribution is -2.36. The third-order valence-electron chi connectivity index (χ3n) is 5.77. The lowest BCUT2D eigenvalue weighted by Gasteiger charge is -2.24. The average Bonchev–Trinajstić information content (AvgIpc) is 3.14. The summed E-state index contributed by atoms with van der Waals surface area (Å²) in [6.45, 7) is 2.20. The van der Waals surface area contributed by atoms with Gasteiger partial charge in [-0.25, -0.2) is 8.42 Å². The van der Waals surface area contributed by atoms with Crippen LogP contribution in [0.25, 0.3) is 0 Å². The van der Waals surface area contributed by atoms with Crippen LogP contribution >= 0.6 is 0 Å². The SMILES string of the molecule is COc1ccc(C(=O)N2c3ccccc3CC2C)cc1S(=O)(=O)N(C)Cc1ccccc1. The molecule has 1 amide bonds. The summed E-state index contributed by atoms with van der Waals surface area (Å²) in [6.07, 6.45) is 0.767. The number of nitrogens with zero attached hydrogens (tertiary/aromatic N) is 2. The minimum Gasteiger partial charge on any atom is -0.495 e. The molecule has 1 unspecified atom stereocenters. The van der Waals surface area contributed by atoms with Crippen LogP contribution in [0.1, 0.15) is 28.4 Å². The molecule has 1 aliphatic heterocycles. The molecule has 0 radical (unpaired) electrons. The fourth-order valence-corrected chi connectivity index (χ4v) is 5.46. The number of carbonyl (C=O) groups is 1. The van der Waals surface area contributed by atoms with E-state index in [1.54, 1.807) is 17.0 Å². The van der Waals surface area contributed by atoms with Crippen molar-refractivity contribution in [3.05, 3.63) is 89.5 Å². The minimum atomic E-state index is -3.90. The number of hydrogen-bond donors (Lipinski definition) is 0. The van der Waals surface area contributed by atoms with E-state index >= 15 is 0 Å². The molecule has 1 aliphatic rings. The second kappa shape index (κ2) is 8.76. The number of rotatable bonds is 6. The van der Waals surface area contributed by atoms with Crippen LogP contribution in [0.4, 0.5) is 5.69 Å². The van der Waals surface area contributed by atoms with Crippen molar-refractivity contribution in [3.8, 4) is 5.75 Å². The van der Waals surface area contributed by atoms with E-state index in [-0.39, 0.29) is 29.1 Å². The van der Waals surface area contributed by atoms with Crippen molar-refractivity contribution >= 4 is 21.6 Å². The fraction of sp³-hybridized carbons (Fsp3) is 0.240. The Bertz CT molecular complexity index is 1240. The summed E-state index contributed by atoms with van der Waals surface area (Å²) in [5.41, 5.74) is 3.15. The maximum Gasteiger partial charge on any atom is 0.258 e. The number of fused-ring (bicyclic) bond motifs is 1. The van der Waals surface area contributed by atoms with Gasteiger partial charge in [0, 0.05) is 30.9 Å². The van der Waals surface area contributed by atoms with Crippen LogP contribution in [0.3, 0.4) is 0 Å². The van der Waals surface area contributed by atoms with E-state index in [2.05, 4.69) is 0 Å². The Morgan fingerprint density at radius 3 is 2.47 bits per heavy atom. The number of amides is 1. The summed E-state index contributed by atoms with van der Waals surface area (Å²) < 4.78 is 33.4. The molecule has 4 rings (SSSR count). The second-order valence-corrected chi connectivity index (χ2v) is 9.98. The summed E-state index contributed by atoms with van der Waals surface area (Å²) in [5.74, 6) is -0.0244. The standard InChI is InChI=1S/C25H26N2O4S/c1-18-15-20-11-7-8-12-22(20)27(18)25(28)21-13-14-23(31-3)24(16-21)32(29,30)26(2)17-19-9-5-4-6-10-19/h4-14,16,18H,15,17H2,1-3H3. The number of carbonyl (C=O) groups excluding carboxylic acids is 1. The third kappa shape index (κ3) is 4.01. The van der Waals surface area contributed by atoms with Gasteiger partial charge in [-0.2, -0.15) is 4.31 Å². The molecule has 6 nitrogen and oxygen atoms in total. The molecule has 1 atom stereocenters. The monoisotopic (exact) mass is 450 g/mol. The quantitative estimate of drug-likeness (QED) is 0.567. The van der Waals surface area contributed by atoms with Gasteiger partial charge in [-0.3, -0.25) is 4.79 Å². The van der Waals surface area contributed by atoms with Gasteiger partial charge in [0.15, 0.2) is 0 Å². The maximum atomic E-state index is 13.4. The van der Waals surface area contributed by atoms with E-state index in [1.165, 1.54) is 24.5 Å². The maximum absolute atomic E-state index is 13.4. The number of benzene rings is 3. The van der Waals surface area contributed by atoms with Crippen LogP contribution in [-0.4, -0.2) is 38.8 Å². The number of anilines is 1. The van der Waals surface area contributed by atoms with Gasteiger partial charge in [0.2, 0.25) is 10.0 Å². The molecule has 0 N–H and O–H groups in total. The molecule has 0 spiro atoms. The highest BCUT2D eigenvalue weighted by molar-refractivity contribution is 7.89. The molecule has 166 valence electrons. The minimum absolute atomic E-state index is 0.0113. The molecule has 0 saturated heterocycles. The first-order chi connectivity index (χ1) is 15.3. The van der Waals surface area contributed by atoms with Gasteiger partial charge in [-0.1, -0.05) is 48.5 Å². The van der Waals surface area contributed by atoms with Crippen LogP contribution in [0.15, 0.2) is 77.7 Å². The van der Waals surface area contributed by atoms with Gasteiger partial charge in [-0.15, -0.1) is 0 Å². The molecule has 7 heteroatoms. The van der Waals surface area contributed by atoms with Crippen molar-refractivity contribution in [1.82, 2.24) is 4.31 Å². The zero-order chi connectivity index (χ0) is 22.9. The van der Waals surface area contributed by atoms with E-state index in [9.17, 15) is 13.2 Å². The van der Waals surface area contributed by atoms with Crippen molar-refractivity contribution in [2.24, 2.45) is 0 Å². The zero-order valence-corrected chi connectivity index (χ0v) is 19.2. The van der Waals surface area contributed by atoms with Gasteiger partial charge in [0.25, 0.3) is 5.91 Å². The fourth-order valence-electron chi connectivity index (χ4n) is 4.12. The van der Waals surface area contributed by atoms with Crippen molar-refractivity contribution in [2.45, 2.75) is 30.8 Å². The Labute approximate surface area is 189 Å². The van der Waals surface area contributed by atoms with Gasteiger partial charge < -0.3 is 9.64 Å². The Morgan fingerprint density at radius 1 is 1.06 bits per heavy atom. The summed E-state index contributed by atoms with van der Waals surface area (Å²) in [4.78, 5) is 15.2. The van der Waals surface area contributed by atoms with E-state index in [0.29, 0.717) is 5.56 Å². The molecular weight excluding hydrogens is 424 g/mol. The zero-order valence-electron chi connectivity index (χ0n) is 18.4. The van der Waals surface area contributed by atoms with Crippen molar-refractivity contribution in [2.75, 3.05) is 19.1 Å². The van der Waals surface area contributed by atoms with Crippen LogP contribution < -0.4 is 9.64 Å². The Kier molecular flexibility index (Phi) is 6.04. The number of hydrogen-bond acceptors (Lipinski definition) is 4. The highest BCUT2D eigenvalue weighted by atomic mass is 32.2. The molecule has 0 saturated carbocycles. The third-order valence-corrected chi connectivity index (χ3v) is 7.60. The summed E-state index contributed by atoms with van der Waals surface area (Å²) in [6, 6.07) is 21.7. The van der Waals surface area contributed by atoms with Crippen molar-refractivity contribution < 1.29 is 17.9 Å². The van der Waals surface area contributed by atoms with Crippen LogP contribution in [0.2, 0.25) is 0 Å². The largest absolute Gasteiger partial charge is 0.495 e. The van der Waals surface area contributed by atoms with Crippen LogP contribution in [0.5, 0.6) is 5.75 Å². The van der Waals surface area contributed by atoms with Crippen LogP contribution in [0, 0.1) is 0 Å². The lowest BCUT2D eigenvalue weighted by atomic mass is 10.1. The molecule has 0 aromatic heterocycles. The normalized spacial score (nSPS) is 15.6. The van der Waals surface area contributed by atoms with Gasteiger partial charge in [-0.05, 0) is 48.7 Å². The van der Waals surface area contributed by atoms with Crippen molar-refractivity contribution in [3.63, 3.8) is 0 Å². The van der Waals surface area contributed by atoms with Crippen molar-refractivity contribution in [1.29, 1.82) is 0 Å². The molecule has 0 aliphatic carbocycles. The number of sulfonamides is 1. The first kappa shape index (κ1) is 22.0. The average molecular weight is 451 g/mol. The molecule has 1 heterocycles. The predicted molar refractivity (Wildman–Crippen MR) is 125 cm³/mol. The number of methoxy groups -OCH3 is 1. The van der Waals surface area contributed by atoms with Gasteiger partial charge >= 0.3 is 0 Å². The van der Waals surface area contributed by atoms with Crippen LogP contribution in [-0.2, 0) is 23.0 Å². The van der Waals surface area contributed by atoms with Gasteiger partial charge in [0.1, 0.15) is 10.6 Å². The van der Waals surface area contributed by atoms with E-state index in [0.717, 1.165) is 23.2 Å². The van der Waals surface area contributed by atoms with E-state index in [4.69, 9.17) is 4.74 Å². The Morgan fingerprint density at radius 2 is 1.75 bits per heavy atom. The number of ether oxygens (including phenoxy) is 1. The molecular formula is C25H26N2O4S. The molecule has 3 aromatic carbocycles. The summed E-state index contributed by atoms with van der Waals surface area (Å²) in [5, 5.41) is 0. The smallest absolute Gasteiger partial charge is 0.258 e. The number of para-hydroxylation sites is 1. The summed E-state index contributed by atoms with van der Waals surface area (Å²) >= 11 is 0.